The molecule has 3 aromatic rings. The molecule has 0 radical (unpaired) electrons. The molecule has 0 aliphatic carbocycles. The minimum Gasteiger partial charge on any atom is -0.336 e. The number of nitrogen functional groups attached to an aromatic ring is 1. The van der Waals surface area contributed by atoms with Crippen molar-refractivity contribution in [1.82, 2.24) is 25.1 Å². The lowest BCUT2D eigenvalue weighted by Crippen LogP contribution is -2.14. The van der Waals surface area contributed by atoms with E-state index in [1.807, 2.05) is 25.1 Å². The SMILES string of the molecule is CCc1nnc(Sc2ccc(C(=O)Nc3ccccc3)nn2)n1N. The molecular weight excluding hydrogens is 326 g/mol. The zero-order chi connectivity index (χ0) is 16.9. The lowest BCUT2D eigenvalue weighted by atomic mass is 10.3. The molecule has 0 bridgehead atoms. The van der Waals surface area contributed by atoms with Gasteiger partial charge >= 0.3 is 0 Å². The minimum atomic E-state index is -0.319. The number of aromatic nitrogens is 5. The van der Waals surface area contributed by atoms with Crippen molar-refractivity contribution in [2.24, 2.45) is 0 Å². The van der Waals surface area contributed by atoms with Gasteiger partial charge in [0.2, 0.25) is 5.16 Å². The van der Waals surface area contributed by atoms with Gasteiger partial charge in [-0.25, -0.2) is 4.68 Å². The summed E-state index contributed by atoms with van der Waals surface area (Å²) in [5, 5.41) is 19.8. The number of benzene rings is 1. The number of rotatable bonds is 5. The summed E-state index contributed by atoms with van der Waals surface area (Å²) < 4.78 is 1.42. The number of para-hydroxylation sites is 1. The number of carbonyl (C=O) groups is 1. The van der Waals surface area contributed by atoms with Crippen LogP contribution >= 0.6 is 11.8 Å². The molecule has 2 heterocycles. The van der Waals surface area contributed by atoms with Gasteiger partial charge in [0.1, 0.15) is 5.03 Å². The number of nitrogens with one attached hydrogen (secondary N) is 1. The second-order valence-electron chi connectivity index (χ2n) is 4.80. The summed E-state index contributed by atoms with van der Waals surface area (Å²) >= 11 is 1.23. The quantitative estimate of drug-likeness (QED) is 0.680. The molecule has 3 rings (SSSR count). The number of hydrogen-bond acceptors (Lipinski definition) is 7. The first-order chi connectivity index (χ1) is 11.7. The van der Waals surface area contributed by atoms with Gasteiger partial charge in [-0.2, -0.15) is 0 Å². The Morgan fingerprint density at radius 1 is 1.12 bits per heavy atom. The average Bonchev–Trinajstić information content (AvgIpc) is 2.96. The fraction of sp³-hybridized carbons (Fsp3) is 0.133. The second-order valence-corrected chi connectivity index (χ2v) is 5.79. The number of anilines is 1. The zero-order valence-corrected chi connectivity index (χ0v) is 13.7. The highest BCUT2D eigenvalue weighted by Crippen LogP contribution is 2.23. The van der Waals surface area contributed by atoms with E-state index < -0.39 is 0 Å². The van der Waals surface area contributed by atoms with Crippen molar-refractivity contribution in [3.63, 3.8) is 0 Å². The Bertz CT molecular complexity index is 833. The molecule has 0 fully saturated rings. The molecule has 0 spiro atoms. The van der Waals surface area contributed by atoms with Crippen LogP contribution in [-0.2, 0) is 6.42 Å². The number of amides is 1. The van der Waals surface area contributed by atoms with Gasteiger partial charge in [-0.3, -0.25) is 4.79 Å². The largest absolute Gasteiger partial charge is 0.336 e. The topological polar surface area (TPSA) is 112 Å². The molecule has 8 nitrogen and oxygen atoms in total. The number of nitrogens with zero attached hydrogens (tertiary/aromatic N) is 5. The molecule has 0 atom stereocenters. The van der Waals surface area contributed by atoms with Crippen molar-refractivity contribution in [3.8, 4) is 0 Å². The Kier molecular flexibility index (Phi) is 4.71. The molecule has 0 aliphatic rings. The molecule has 2 aromatic heterocycles. The standard InChI is InChI=1S/C15H15N7OS/c1-2-12-19-21-15(22(12)16)24-13-9-8-11(18-20-13)14(23)17-10-6-4-3-5-7-10/h3-9H,2,16H2,1H3,(H,17,23). The van der Waals surface area contributed by atoms with E-state index in [2.05, 4.69) is 25.7 Å². The predicted molar refractivity (Wildman–Crippen MR) is 90.1 cm³/mol. The first-order valence-corrected chi connectivity index (χ1v) is 8.06. The molecule has 1 aromatic carbocycles. The predicted octanol–water partition coefficient (Wildman–Crippen LogP) is 1.75. The fourth-order valence-electron chi connectivity index (χ4n) is 1.92. The summed E-state index contributed by atoms with van der Waals surface area (Å²) in [6.07, 6.45) is 0.689. The second kappa shape index (κ2) is 7.09. The summed E-state index contributed by atoms with van der Waals surface area (Å²) in [6, 6.07) is 12.5. The molecule has 122 valence electrons. The van der Waals surface area contributed by atoms with E-state index in [4.69, 9.17) is 5.84 Å². The van der Waals surface area contributed by atoms with Gasteiger partial charge in [0, 0.05) is 12.1 Å². The Hall–Kier alpha value is -2.94. The van der Waals surface area contributed by atoms with Crippen molar-refractivity contribution in [2.75, 3.05) is 11.2 Å². The van der Waals surface area contributed by atoms with Crippen LogP contribution in [0.4, 0.5) is 5.69 Å². The van der Waals surface area contributed by atoms with Crippen molar-refractivity contribution in [3.05, 3.63) is 54.0 Å². The van der Waals surface area contributed by atoms with Crippen LogP contribution in [-0.4, -0.2) is 31.0 Å². The Labute approximate surface area is 142 Å². The Balaban J connectivity index is 1.68. The van der Waals surface area contributed by atoms with Crippen molar-refractivity contribution >= 4 is 23.4 Å². The molecule has 0 saturated carbocycles. The van der Waals surface area contributed by atoms with E-state index in [1.54, 1.807) is 24.3 Å². The number of carbonyl (C=O) groups excluding carboxylic acids is 1. The third-order valence-electron chi connectivity index (χ3n) is 3.15. The highest BCUT2D eigenvalue weighted by atomic mass is 32.2. The first kappa shape index (κ1) is 15.9. The maximum absolute atomic E-state index is 12.1. The molecule has 9 heteroatoms. The summed E-state index contributed by atoms with van der Waals surface area (Å²) in [5.41, 5.74) is 0.928. The molecule has 1 amide bonds. The van der Waals surface area contributed by atoms with E-state index >= 15 is 0 Å². The van der Waals surface area contributed by atoms with Crippen molar-refractivity contribution in [2.45, 2.75) is 23.5 Å². The van der Waals surface area contributed by atoms with Crippen molar-refractivity contribution < 1.29 is 4.79 Å². The lowest BCUT2D eigenvalue weighted by molar-refractivity contribution is 0.102. The van der Waals surface area contributed by atoms with Crippen LogP contribution in [0.15, 0.2) is 52.6 Å². The molecular formula is C15H15N7OS. The lowest BCUT2D eigenvalue weighted by Gasteiger charge is -2.04. The summed E-state index contributed by atoms with van der Waals surface area (Å²) in [6.45, 7) is 1.95. The summed E-state index contributed by atoms with van der Waals surface area (Å²) in [5.74, 6) is 6.25. The van der Waals surface area contributed by atoms with Gasteiger partial charge in [-0.05, 0) is 36.0 Å². The molecule has 3 N–H and O–H groups in total. The van der Waals surface area contributed by atoms with E-state index in [-0.39, 0.29) is 11.6 Å². The van der Waals surface area contributed by atoms with Crippen LogP contribution < -0.4 is 11.2 Å². The summed E-state index contributed by atoms with van der Waals surface area (Å²) in [4.78, 5) is 12.1. The number of nitrogens with two attached hydrogens (primary N) is 1. The monoisotopic (exact) mass is 341 g/mol. The van der Waals surface area contributed by atoms with Crippen LogP contribution in [0.25, 0.3) is 0 Å². The minimum absolute atomic E-state index is 0.228. The fourth-order valence-corrected chi connectivity index (χ4v) is 2.61. The summed E-state index contributed by atoms with van der Waals surface area (Å²) in [7, 11) is 0. The van der Waals surface area contributed by atoms with Crippen LogP contribution in [0, 0.1) is 0 Å². The van der Waals surface area contributed by atoms with Crippen LogP contribution in [0.3, 0.4) is 0 Å². The van der Waals surface area contributed by atoms with E-state index in [0.717, 1.165) is 0 Å². The van der Waals surface area contributed by atoms with Gasteiger partial charge in [-0.15, -0.1) is 20.4 Å². The smallest absolute Gasteiger partial charge is 0.276 e. The zero-order valence-electron chi connectivity index (χ0n) is 12.9. The van der Waals surface area contributed by atoms with E-state index in [9.17, 15) is 4.79 Å². The Morgan fingerprint density at radius 2 is 1.92 bits per heavy atom. The first-order valence-electron chi connectivity index (χ1n) is 7.24. The van der Waals surface area contributed by atoms with E-state index in [0.29, 0.717) is 28.1 Å². The maximum atomic E-state index is 12.1. The van der Waals surface area contributed by atoms with Gasteiger partial charge in [0.25, 0.3) is 5.91 Å². The molecule has 0 aliphatic heterocycles. The third-order valence-corrected chi connectivity index (χ3v) is 4.04. The van der Waals surface area contributed by atoms with Gasteiger partial charge in [-0.1, -0.05) is 25.1 Å². The highest BCUT2D eigenvalue weighted by molar-refractivity contribution is 7.99. The van der Waals surface area contributed by atoms with Crippen molar-refractivity contribution in [1.29, 1.82) is 0 Å². The van der Waals surface area contributed by atoms with E-state index in [1.165, 1.54) is 16.4 Å². The van der Waals surface area contributed by atoms with Gasteiger partial charge in [0.05, 0.1) is 0 Å². The van der Waals surface area contributed by atoms with Gasteiger partial charge in [0.15, 0.2) is 11.5 Å². The van der Waals surface area contributed by atoms with Crippen LogP contribution in [0.1, 0.15) is 23.2 Å². The molecule has 0 unspecified atom stereocenters. The number of hydrogen-bond donors (Lipinski definition) is 2. The normalized spacial score (nSPS) is 10.5. The van der Waals surface area contributed by atoms with Crippen LogP contribution in [0.5, 0.6) is 0 Å². The van der Waals surface area contributed by atoms with Gasteiger partial charge < -0.3 is 11.2 Å². The Morgan fingerprint density at radius 3 is 2.54 bits per heavy atom. The van der Waals surface area contributed by atoms with Crippen LogP contribution in [0.2, 0.25) is 0 Å². The third kappa shape index (κ3) is 3.51. The number of aryl methyl sites for hydroxylation is 1. The molecule has 24 heavy (non-hydrogen) atoms. The maximum Gasteiger partial charge on any atom is 0.276 e. The molecule has 0 saturated heterocycles. The highest BCUT2D eigenvalue weighted by Gasteiger charge is 2.12. The average molecular weight is 341 g/mol.